The molecular weight excluding hydrogens is 484 g/mol. The van der Waals surface area contributed by atoms with Gasteiger partial charge in [0, 0.05) is 77.2 Å². The lowest BCUT2D eigenvalue weighted by atomic mass is 9.90. The maximum atomic E-state index is 13.4. The predicted octanol–water partition coefficient (Wildman–Crippen LogP) is 1.47. The number of carbonyl (C=O) groups is 3. The molecule has 1 fully saturated rings. The molecule has 1 aliphatic carbocycles. The molecule has 0 saturated carbocycles. The van der Waals surface area contributed by atoms with E-state index < -0.39 is 0 Å². The second-order valence-electron chi connectivity index (χ2n) is 11.7. The molecule has 10 heteroatoms. The summed E-state index contributed by atoms with van der Waals surface area (Å²) in [5, 5.41) is 7.68. The Morgan fingerprint density at radius 2 is 1.79 bits per heavy atom. The van der Waals surface area contributed by atoms with Crippen molar-refractivity contribution in [1.29, 1.82) is 0 Å². The third kappa shape index (κ3) is 7.14. The van der Waals surface area contributed by atoms with Crippen molar-refractivity contribution in [2.24, 2.45) is 18.9 Å². The number of rotatable bonds is 4. The normalized spacial score (nSPS) is 23.6. The van der Waals surface area contributed by atoms with E-state index in [0.29, 0.717) is 37.5 Å². The molecule has 1 atom stereocenters. The number of ether oxygens (including phenoxy) is 1. The number of nitrogens with zero attached hydrogens (tertiary/aromatic N) is 5. The molecule has 1 aromatic heterocycles. The second kappa shape index (κ2) is 13.1. The summed E-state index contributed by atoms with van der Waals surface area (Å²) in [7, 11) is 3.72. The Hall–Kier alpha value is -2.46. The fourth-order valence-corrected chi connectivity index (χ4v) is 6.07. The summed E-state index contributed by atoms with van der Waals surface area (Å²) in [4.78, 5) is 45.8. The van der Waals surface area contributed by atoms with Gasteiger partial charge in [-0.05, 0) is 56.9 Å². The monoisotopic (exact) mass is 530 g/mol. The molecule has 3 amide bonds. The Morgan fingerprint density at radius 1 is 1.03 bits per heavy atom. The van der Waals surface area contributed by atoms with Crippen molar-refractivity contribution >= 4 is 17.7 Å². The Bertz CT molecular complexity index is 986. The molecule has 1 aromatic rings. The number of carbonyl (C=O) groups excluding carboxylic acids is 3. The van der Waals surface area contributed by atoms with Crippen molar-refractivity contribution < 1.29 is 19.1 Å². The Kier molecular flexibility index (Phi) is 9.81. The minimum Gasteiger partial charge on any atom is -0.381 e. The van der Waals surface area contributed by atoms with Gasteiger partial charge < -0.3 is 24.8 Å². The number of aryl methyl sites for hydroxylation is 1. The van der Waals surface area contributed by atoms with Crippen LogP contribution in [0.3, 0.4) is 0 Å². The van der Waals surface area contributed by atoms with Crippen LogP contribution in [0, 0.1) is 11.8 Å². The van der Waals surface area contributed by atoms with Gasteiger partial charge in [-0.15, -0.1) is 0 Å². The van der Waals surface area contributed by atoms with E-state index in [4.69, 9.17) is 4.74 Å². The van der Waals surface area contributed by atoms with Crippen molar-refractivity contribution in [2.45, 2.75) is 64.8 Å². The van der Waals surface area contributed by atoms with Crippen LogP contribution in [0.5, 0.6) is 0 Å². The summed E-state index contributed by atoms with van der Waals surface area (Å²) in [6.07, 6.45) is 5.41. The van der Waals surface area contributed by atoms with Gasteiger partial charge in [-0.2, -0.15) is 5.10 Å². The zero-order valence-electron chi connectivity index (χ0n) is 23.7. The molecule has 1 saturated heterocycles. The fraction of sp³-hybridized carbons (Fsp3) is 0.786. The molecule has 2 aliphatic heterocycles. The first-order chi connectivity index (χ1) is 18.2. The third-order valence-electron chi connectivity index (χ3n) is 8.29. The number of aromatic nitrogens is 2. The Balaban J connectivity index is 1.55. The van der Waals surface area contributed by atoms with E-state index in [1.807, 2.05) is 18.8 Å². The number of nitrogens with one attached hydrogen (secondary N) is 1. The largest absolute Gasteiger partial charge is 0.381 e. The number of fused-ring (bicyclic) bond motifs is 1. The first kappa shape index (κ1) is 28.5. The van der Waals surface area contributed by atoms with E-state index in [9.17, 15) is 14.4 Å². The molecule has 212 valence electrons. The molecule has 3 aliphatic rings. The number of amides is 3. The van der Waals surface area contributed by atoms with Crippen LogP contribution in [0.15, 0.2) is 0 Å². The zero-order valence-corrected chi connectivity index (χ0v) is 23.7. The Morgan fingerprint density at radius 3 is 2.53 bits per heavy atom. The number of hydrogen-bond acceptors (Lipinski definition) is 6. The first-order valence-electron chi connectivity index (χ1n) is 14.4. The van der Waals surface area contributed by atoms with Crippen LogP contribution in [0.1, 0.15) is 67.7 Å². The van der Waals surface area contributed by atoms with E-state index in [1.165, 1.54) is 0 Å². The molecule has 10 nitrogen and oxygen atoms in total. The smallest absolute Gasteiger partial charge is 0.272 e. The quantitative estimate of drug-likeness (QED) is 0.633. The third-order valence-corrected chi connectivity index (χ3v) is 8.29. The lowest BCUT2D eigenvalue weighted by Crippen LogP contribution is -2.47. The molecular formula is C28H46N6O4. The minimum atomic E-state index is -0.148. The lowest BCUT2D eigenvalue weighted by molar-refractivity contribution is -0.141. The lowest BCUT2D eigenvalue weighted by Gasteiger charge is -2.34. The maximum Gasteiger partial charge on any atom is 0.272 e. The maximum absolute atomic E-state index is 13.4. The number of likely N-dealkylation sites (N-methyl/N-ethyl adjacent to an activating group) is 1. The van der Waals surface area contributed by atoms with Gasteiger partial charge in [-0.25, -0.2) is 0 Å². The van der Waals surface area contributed by atoms with Crippen LogP contribution >= 0.6 is 0 Å². The van der Waals surface area contributed by atoms with E-state index in [-0.39, 0.29) is 36.2 Å². The van der Waals surface area contributed by atoms with E-state index in [2.05, 4.69) is 29.2 Å². The van der Waals surface area contributed by atoms with Gasteiger partial charge in [-0.1, -0.05) is 13.8 Å². The highest BCUT2D eigenvalue weighted by atomic mass is 16.5. The topological polar surface area (TPSA) is 100 Å². The molecule has 1 unspecified atom stereocenters. The molecule has 1 N–H and O–H groups in total. The van der Waals surface area contributed by atoms with Crippen LogP contribution in [0.25, 0.3) is 0 Å². The summed E-state index contributed by atoms with van der Waals surface area (Å²) < 4.78 is 7.36. The summed E-state index contributed by atoms with van der Waals surface area (Å²) in [6, 6.07) is -0.0209. The van der Waals surface area contributed by atoms with Crippen molar-refractivity contribution in [2.75, 3.05) is 59.5 Å². The highest BCUT2D eigenvalue weighted by Gasteiger charge is 2.32. The van der Waals surface area contributed by atoms with Crippen molar-refractivity contribution in [3.8, 4) is 0 Å². The molecule has 0 radical (unpaired) electrons. The highest BCUT2D eigenvalue weighted by molar-refractivity contribution is 5.94. The number of hydrogen-bond donors (Lipinski definition) is 1. The van der Waals surface area contributed by atoms with Crippen molar-refractivity contribution in [1.82, 2.24) is 29.8 Å². The van der Waals surface area contributed by atoms with E-state index in [1.54, 1.807) is 9.80 Å². The Labute approximate surface area is 227 Å². The zero-order chi connectivity index (χ0) is 27.2. The molecule has 3 heterocycles. The summed E-state index contributed by atoms with van der Waals surface area (Å²) in [6.45, 7) is 9.41. The van der Waals surface area contributed by atoms with Crippen LogP contribution < -0.4 is 5.32 Å². The highest BCUT2D eigenvalue weighted by Crippen LogP contribution is 2.27. The standard InChI is InChI=1S/C28H46N6O4/c1-20(2)17-34-19-26(36)31(3)22-7-8-24-23(16-22)27(30-32(24)4)28(37)29-11-13-33(12-5-6-25(34)35)18-21-9-14-38-15-10-21/h20-22H,5-19H2,1-4H3,(H,29,37). The second-order valence-corrected chi connectivity index (χ2v) is 11.7. The molecule has 0 spiro atoms. The van der Waals surface area contributed by atoms with Crippen molar-refractivity contribution in [3.05, 3.63) is 17.0 Å². The van der Waals surface area contributed by atoms with Gasteiger partial charge in [0.25, 0.3) is 5.91 Å². The fourth-order valence-electron chi connectivity index (χ4n) is 6.07. The van der Waals surface area contributed by atoms with Crippen LogP contribution in [-0.2, 0) is 34.2 Å². The molecule has 4 rings (SSSR count). The van der Waals surface area contributed by atoms with Crippen LogP contribution in [0.2, 0.25) is 0 Å². The van der Waals surface area contributed by atoms with Gasteiger partial charge >= 0.3 is 0 Å². The summed E-state index contributed by atoms with van der Waals surface area (Å²) in [5.41, 5.74) is 2.49. The van der Waals surface area contributed by atoms with Gasteiger partial charge in [-0.3, -0.25) is 19.1 Å². The van der Waals surface area contributed by atoms with Crippen molar-refractivity contribution in [3.63, 3.8) is 0 Å². The van der Waals surface area contributed by atoms with Crippen LogP contribution in [-0.4, -0.2) is 108 Å². The van der Waals surface area contributed by atoms with E-state index in [0.717, 1.165) is 76.2 Å². The minimum absolute atomic E-state index is 0.0209. The predicted molar refractivity (Wildman–Crippen MR) is 145 cm³/mol. The summed E-state index contributed by atoms with van der Waals surface area (Å²) in [5.74, 6) is 0.695. The molecule has 38 heavy (non-hydrogen) atoms. The van der Waals surface area contributed by atoms with Gasteiger partial charge in [0.2, 0.25) is 11.8 Å². The molecule has 0 aromatic carbocycles. The van der Waals surface area contributed by atoms with Crippen LogP contribution in [0.4, 0.5) is 0 Å². The average molecular weight is 531 g/mol. The molecule has 2 bridgehead atoms. The van der Waals surface area contributed by atoms with Gasteiger partial charge in [0.05, 0.1) is 6.54 Å². The first-order valence-corrected chi connectivity index (χ1v) is 14.4. The van der Waals surface area contributed by atoms with Gasteiger partial charge in [0.1, 0.15) is 0 Å². The summed E-state index contributed by atoms with van der Waals surface area (Å²) >= 11 is 0. The van der Waals surface area contributed by atoms with Gasteiger partial charge in [0.15, 0.2) is 5.69 Å². The SMILES string of the molecule is CC(C)CN1CC(=O)N(C)C2CCc3c(c(nn3C)C(=O)NCCN(CC3CCOCC3)CCCC1=O)C2. The average Bonchev–Trinajstić information content (AvgIpc) is 3.23. The van der Waals surface area contributed by atoms with E-state index >= 15 is 0 Å².